The summed E-state index contributed by atoms with van der Waals surface area (Å²) in [5, 5.41) is 14.8. The summed E-state index contributed by atoms with van der Waals surface area (Å²) in [6.45, 7) is 7.93. The Morgan fingerprint density at radius 2 is 1.56 bits per heavy atom. The van der Waals surface area contributed by atoms with Crippen molar-refractivity contribution in [1.29, 1.82) is 0 Å². The lowest BCUT2D eigenvalue weighted by atomic mass is 9.92. The van der Waals surface area contributed by atoms with Crippen LogP contribution in [0.25, 0.3) is 0 Å². The first-order chi connectivity index (χ1) is 13.0. The number of piperazine rings is 1. The highest BCUT2D eigenvalue weighted by atomic mass is 16.4. The Balaban J connectivity index is 0.000000307. The van der Waals surface area contributed by atoms with E-state index in [1.165, 1.54) is 71.4 Å². The number of aliphatic carboxylic acids is 2. The van der Waals surface area contributed by atoms with E-state index in [2.05, 4.69) is 34.1 Å². The van der Waals surface area contributed by atoms with Crippen molar-refractivity contribution in [1.82, 2.24) is 9.80 Å². The molecule has 3 aliphatic carbocycles. The maximum Gasteiger partial charge on any atom is 0.414 e. The normalized spacial score (nSPS) is 32.9. The lowest BCUT2D eigenvalue weighted by Gasteiger charge is -2.38. The summed E-state index contributed by atoms with van der Waals surface area (Å²) in [6.07, 6.45) is 16.7. The third-order valence-corrected chi connectivity index (χ3v) is 6.45. The van der Waals surface area contributed by atoms with Crippen LogP contribution in [-0.2, 0) is 9.59 Å². The Hall–Kier alpha value is -1.66. The number of carbonyl (C=O) groups is 2. The predicted molar refractivity (Wildman–Crippen MR) is 103 cm³/mol. The zero-order valence-electron chi connectivity index (χ0n) is 16.0. The van der Waals surface area contributed by atoms with E-state index in [0.717, 1.165) is 23.7 Å². The zero-order valence-corrected chi connectivity index (χ0v) is 16.0. The molecule has 1 saturated heterocycles. The molecule has 6 heteroatoms. The summed E-state index contributed by atoms with van der Waals surface area (Å²) in [5.41, 5.74) is 0. The van der Waals surface area contributed by atoms with Gasteiger partial charge < -0.3 is 20.0 Å². The second kappa shape index (κ2) is 9.51. The van der Waals surface area contributed by atoms with Gasteiger partial charge in [0.15, 0.2) is 0 Å². The fraction of sp³-hybridized carbons (Fsp3) is 0.714. The largest absolute Gasteiger partial charge is 0.473 e. The van der Waals surface area contributed by atoms with E-state index in [1.54, 1.807) is 0 Å². The minimum absolute atomic E-state index is 0.919. The van der Waals surface area contributed by atoms with Crippen molar-refractivity contribution in [2.75, 3.05) is 39.3 Å². The van der Waals surface area contributed by atoms with Crippen LogP contribution < -0.4 is 0 Å². The molecular weight excluding hydrogens is 344 g/mol. The van der Waals surface area contributed by atoms with E-state index >= 15 is 0 Å². The molecule has 1 saturated carbocycles. The van der Waals surface area contributed by atoms with Gasteiger partial charge in [-0.3, -0.25) is 0 Å². The lowest BCUT2D eigenvalue weighted by molar-refractivity contribution is -0.159. The topological polar surface area (TPSA) is 81.1 Å². The van der Waals surface area contributed by atoms with Crippen LogP contribution >= 0.6 is 0 Å². The average Bonchev–Trinajstić information content (AvgIpc) is 3.28. The van der Waals surface area contributed by atoms with Gasteiger partial charge in [0.25, 0.3) is 0 Å². The standard InChI is InChI=1S/C19H30N2.C2H2O4/c1-2-4-16(5-3-1)14-20-8-10-21(11-9-20)15-19-13-17-6-7-18(19)12-17;3-1(4)2(5)6/h1-2,6-7,16-19H,3-5,8-15H2;(H,3,4)(H,5,6). The maximum atomic E-state index is 9.10. The Kier molecular flexibility index (Phi) is 7.07. The number of hydrogen-bond donors (Lipinski definition) is 2. The van der Waals surface area contributed by atoms with Crippen molar-refractivity contribution in [3.8, 4) is 0 Å². The first-order valence-corrected chi connectivity index (χ1v) is 10.3. The van der Waals surface area contributed by atoms with Crippen molar-refractivity contribution in [2.24, 2.45) is 23.7 Å². The first-order valence-electron chi connectivity index (χ1n) is 10.3. The molecule has 4 rings (SSSR count). The monoisotopic (exact) mass is 376 g/mol. The van der Waals surface area contributed by atoms with Gasteiger partial charge in [-0.25, -0.2) is 9.59 Å². The quantitative estimate of drug-likeness (QED) is 0.579. The van der Waals surface area contributed by atoms with Crippen molar-refractivity contribution in [2.45, 2.75) is 32.1 Å². The minimum atomic E-state index is -1.82. The van der Waals surface area contributed by atoms with Gasteiger partial charge in [-0.1, -0.05) is 24.3 Å². The molecule has 4 unspecified atom stereocenters. The SMILES string of the molecule is C1=CCC(CN2CCN(CC3CC4C=CC3C4)CC2)CC1.O=C(O)C(=O)O. The molecule has 0 aromatic carbocycles. The predicted octanol–water partition coefficient (Wildman–Crippen LogP) is 2.33. The van der Waals surface area contributed by atoms with E-state index < -0.39 is 11.9 Å². The highest BCUT2D eigenvalue weighted by Crippen LogP contribution is 2.43. The molecule has 4 aliphatic rings. The highest BCUT2D eigenvalue weighted by molar-refractivity contribution is 6.27. The average molecular weight is 376 g/mol. The molecule has 150 valence electrons. The molecule has 27 heavy (non-hydrogen) atoms. The van der Waals surface area contributed by atoms with Crippen LogP contribution in [0.4, 0.5) is 0 Å². The Morgan fingerprint density at radius 1 is 0.889 bits per heavy atom. The molecule has 4 atom stereocenters. The number of carboxylic acids is 2. The highest BCUT2D eigenvalue weighted by Gasteiger charge is 2.36. The van der Waals surface area contributed by atoms with Crippen molar-refractivity contribution < 1.29 is 19.8 Å². The van der Waals surface area contributed by atoms with Gasteiger partial charge in [-0.15, -0.1) is 0 Å². The molecule has 2 fully saturated rings. The number of nitrogens with zero attached hydrogens (tertiary/aromatic N) is 2. The van der Waals surface area contributed by atoms with Gasteiger partial charge in [-0.2, -0.15) is 0 Å². The number of fused-ring (bicyclic) bond motifs is 2. The van der Waals surface area contributed by atoms with Crippen molar-refractivity contribution in [3.05, 3.63) is 24.3 Å². The van der Waals surface area contributed by atoms with Crippen LogP contribution in [0.1, 0.15) is 32.1 Å². The van der Waals surface area contributed by atoms with Crippen LogP contribution in [0, 0.1) is 23.7 Å². The molecule has 0 aromatic rings. The fourth-order valence-electron chi connectivity index (χ4n) is 4.98. The molecule has 1 heterocycles. The maximum absolute atomic E-state index is 9.10. The van der Waals surface area contributed by atoms with Gasteiger partial charge in [0.05, 0.1) is 0 Å². The van der Waals surface area contributed by atoms with E-state index in [-0.39, 0.29) is 0 Å². The summed E-state index contributed by atoms with van der Waals surface area (Å²) in [4.78, 5) is 23.7. The summed E-state index contributed by atoms with van der Waals surface area (Å²) in [6, 6.07) is 0. The summed E-state index contributed by atoms with van der Waals surface area (Å²) in [5.74, 6) is 0.0972. The molecule has 2 N–H and O–H groups in total. The number of hydrogen-bond acceptors (Lipinski definition) is 4. The Morgan fingerprint density at radius 3 is 2.04 bits per heavy atom. The molecule has 2 bridgehead atoms. The molecule has 0 amide bonds. The Labute approximate surface area is 161 Å². The van der Waals surface area contributed by atoms with Gasteiger partial charge in [0, 0.05) is 39.3 Å². The van der Waals surface area contributed by atoms with Crippen molar-refractivity contribution in [3.63, 3.8) is 0 Å². The van der Waals surface area contributed by atoms with Crippen LogP contribution in [0.5, 0.6) is 0 Å². The second-order valence-electron chi connectivity index (χ2n) is 8.40. The lowest BCUT2D eigenvalue weighted by Crippen LogP contribution is -2.49. The number of carboxylic acid groups (broad SMARTS) is 2. The third kappa shape index (κ3) is 5.91. The summed E-state index contributed by atoms with van der Waals surface area (Å²) >= 11 is 0. The van der Waals surface area contributed by atoms with Gasteiger partial charge in [0.2, 0.25) is 0 Å². The molecule has 0 aromatic heterocycles. The smallest absolute Gasteiger partial charge is 0.414 e. The van der Waals surface area contributed by atoms with Crippen LogP contribution in [0.3, 0.4) is 0 Å². The van der Waals surface area contributed by atoms with Crippen molar-refractivity contribution >= 4 is 11.9 Å². The summed E-state index contributed by atoms with van der Waals surface area (Å²) in [7, 11) is 0. The van der Waals surface area contributed by atoms with E-state index in [4.69, 9.17) is 19.8 Å². The van der Waals surface area contributed by atoms with Crippen LogP contribution in [-0.4, -0.2) is 71.2 Å². The van der Waals surface area contributed by atoms with E-state index in [0.29, 0.717) is 0 Å². The van der Waals surface area contributed by atoms with Gasteiger partial charge in [-0.05, 0) is 55.8 Å². The van der Waals surface area contributed by atoms with Crippen LogP contribution in [0.2, 0.25) is 0 Å². The minimum Gasteiger partial charge on any atom is -0.473 e. The molecule has 6 nitrogen and oxygen atoms in total. The fourth-order valence-corrected chi connectivity index (χ4v) is 4.98. The van der Waals surface area contributed by atoms with Crippen LogP contribution in [0.15, 0.2) is 24.3 Å². The molecule has 1 aliphatic heterocycles. The second-order valence-corrected chi connectivity index (χ2v) is 8.40. The third-order valence-electron chi connectivity index (χ3n) is 6.45. The zero-order chi connectivity index (χ0) is 19.2. The molecule has 0 spiro atoms. The first kappa shape index (κ1) is 20.1. The van der Waals surface area contributed by atoms with E-state index in [9.17, 15) is 0 Å². The number of allylic oxidation sites excluding steroid dienone is 4. The Bertz CT molecular complexity index is 569. The van der Waals surface area contributed by atoms with Gasteiger partial charge >= 0.3 is 11.9 Å². The van der Waals surface area contributed by atoms with E-state index in [1.807, 2.05) is 0 Å². The van der Waals surface area contributed by atoms with Gasteiger partial charge in [0.1, 0.15) is 0 Å². The molecule has 0 radical (unpaired) electrons. The molecular formula is C21H32N2O4. The number of rotatable bonds is 4. The summed E-state index contributed by atoms with van der Waals surface area (Å²) < 4.78 is 0.